The van der Waals surface area contributed by atoms with Crippen molar-refractivity contribution in [3.63, 3.8) is 0 Å². The highest BCUT2D eigenvalue weighted by Crippen LogP contribution is 2.12. The summed E-state index contributed by atoms with van der Waals surface area (Å²) in [7, 11) is -1.47. The summed E-state index contributed by atoms with van der Waals surface area (Å²) >= 11 is 0. The van der Waals surface area contributed by atoms with E-state index in [1.165, 1.54) is 19.4 Å². The first-order chi connectivity index (χ1) is 5.30. The van der Waals surface area contributed by atoms with Crippen molar-refractivity contribution in [2.24, 2.45) is 0 Å². The highest BCUT2D eigenvalue weighted by molar-refractivity contribution is 7.85. The Hall–Kier alpha value is -0.130. The van der Waals surface area contributed by atoms with E-state index in [1.54, 1.807) is 0 Å². The molecule has 0 aromatic rings. The molecule has 1 N–H and O–H groups in total. The summed E-state index contributed by atoms with van der Waals surface area (Å²) in [5.74, 6) is 0. The van der Waals surface area contributed by atoms with E-state index in [0.717, 1.165) is 6.04 Å². The van der Waals surface area contributed by atoms with Gasteiger partial charge in [0.2, 0.25) is 0 Å². The van der Waals surface area contributed by atoms with Crippen LogP contribution in [0.5, 0.6) is 0 Å². The lowest BCUT2D eigenvalue weighted by molar-refractivity contribution is 0.331. The Labute approximate surface area is 74.3 Å². The lowest BCUT2D eigenvalue weighted by Gasteiger charge is -2.12. The normalized spacial score (nSPS) is 24.8. The highest BCUT2D eigenvalue weighted by atomic mass is 32.2. The van der Waals surface area contributed by atoms with E-state index in [0.29, 0.717) is 6.26 Å². The van der Waals surface area contributed by atoms with Crippen molar-refractivity contribution < 1.29 is 13.0 Å². The summed E-state index contributed by atoms with van der Waals surface area (Å²) in [4.78, 5) is 2.40. The third-order valence-electron chi connectivity index (χ3n) is 1.89. The Kier molecular flexibility index (Phi) is 4.74. The van der Waals surface area contributed by atoms with Gasteiger partial charge >= 0.3 is 0 Å². The summed E-state index contributed by atoms with van der Waals surface area (Å²) in [5.41, 5.74) is 0. The minimum atomic E-state index is -3.67. The van der Waals surface area contributed by atoms with E-state index in [9.17, 15) is 8.42 Å². The third kappa shape index (κ3) is 7.97. The average molecular weight is 195 g/mol. The maximum absolute atomic E-state index is 9.19. The molecule has 0 bridgehead atoms. The second-order valence-electron chi connectivity index (χ2n) is 3.20. The van der Waals surface area contributed by atoms with Gasteiger partial charge in [-0.2, -0.15) is 8.42 Å². The van der Waals surface area contributed by atoms with E-state index in [4.69, 9.17) is 4.55 Å². The zero-order valence-electron chi connectivity index (χ0n) is 7.82. The van der Waals surface area contributed by atoms with Gasteiger partial charge in [0.1, 0.15) is 0 Å². The van der Waals surface area contributed by atoms with E-state index >= 15 is 0 Å². The van der Waals surface area contributed by atoms with E-state index in [1.807, 2.05) is 0 Å². The summed E-state index contributed by atoms with van der Waals surface area (Å²) in [6, 6.07) is 0.847. The highest BCUT2D eigenvalue weighted by Gasteiger charge is 2.14. The van der Waals surface area contributed by atoms with Gasteiger partial charge in [-0.05, 0) is 33.4 Å². The third-order valence-corrected chi connectivity index (χ3v) is 1.89. The summed E-state index contributed by atoms with van der Waals surface area (Å²) < 4.78 is 25.9. The number of hydrogen-bond acceptors (Lipinski definition) is 3. The Morgan fingerprint density at radius 2 is 1.92 bits per heavy atom. The largest absolute Gasteiger partial charge is 0.304 e. The molecule has 4 nitrogen and oxygen atoms in total. The molecule has 0 radical (unpaired) electrons. The monoisotopic (exact) mass is 195 g/mol. The van der Waals surface area contributed by atoms with Crippen molar-refractivity contribution in [2.45, 2.75) is 25.8 Å². The van der Waals surface area contributed by atoms with Crippen LogP contribution in [0.15, 0.2) is 0 Å². The van der Waals surface area contributed by atoms with Crippen LogP contribution >= 0.6 is 0 Å². The topological polar surface area (TPSA) is 57.6 Å². The second-order valence-corrected chi connectivity index (χ2v) is 4.67. The molecule has 1 heterocycles. The van der Waals surface area contributed by atoms with Crippen LogP contribution < -0.4 is 0 Å². The number of likely N-dealkylation sites (tertiary alicyclic amines) is 1. The molecule has 1 fully saturated rings. The molecule has 12 heavy (non-hydrogen) atoms. The van der Waals surface area contributed by atoms with Crippen LogP contribution in [0.25, 0.3) is 0 Å². The maximum atomic E-state index is 9.19. The molecule has 1 aliphatic heterocycles. The van der Waals surface area contributed by atoms with Crippen LogP contribution in [0.1, 0.15) is 19.8 Å². The molecule has 0 aliphatic carbocycles. The predicted octanol–water partition coefficient (Wildman–Crippen LogP) is 0.605. The van der Waals surface area contributed by atoms with Gasteiger partial charge in [0.05, 0.1) is 6.26 Å². The fourth-order valence-electron chi connectivity index (χ4n) is 1.08. The van der Waals surface area contributed by atoms with Crippen LogP contribution in [0, 0.1) is 0 Å². The number of nitrogens with zero attached hydrogens (tertiary/aromatic N) is 1. The molecular formula is C7H17NO3S. The summed E-state index contributed by atoms with van der Waals surface area (Å²) in [5, 5.41) is 0. The van der Waals surface area contributed by atoms with Gasteiger partial charge in [-0.15, -0.1) is 0 Å². The van der Waals surface area contributed by atoms with E-state index in [2.05, 4.69) is 18.9 Å². The Morgan fingerprint density at radius 3 is 2.00 bits per heavy atom. The molecule has 0 aromatic heterocycles. The molecule has 0 saturated carbocycles. The van der Waals surface area contributed by atoms with Gasteiger partial charge in [-0.1, -0.05) is 0 Å². The standard InChI is InChI=1S/C6H13N.CH4O3S/c1-6-4-3-5-7(6)2;1-5(2,3)4/h6H,3-5H2,1-2H3;1H3,(H,2,3,4). The fourth-order valence-corrected chi connectivity index (χ4v) is 1.08. The first kappa shape index (κ1) is 11.9. The Bertz CT molecular complexity index is 197. The summed E-state index contributed by atoms with van der Waals surface area (Å²) in [6.45, 7) is 3.59. The molecule has 5 heteroatoms. The Balaban J connectivity index is 0.000000217. The molecule has 1 unspecified atom stereocenters. The number of hydrogen-bond donors (Lipinski definition) is 1. The molecule has 1 rings (SSSR count). The van der Waals surface area contributed by atoms with Crippen LogP contribution in [0.3, 0.4) is 0 Å². The lowest BCUT2D eigenvalue weighted by atomic mass is 10.3. The zero-order valence-corrected chi connectivity index (χ0v) is 8.63. The average Bonchev–Trinajstić information content (AvgIpc) is 2.12. The zero-order chi connectivity index (χ0) is 9.78. The minimum Gasteiger partial charge on any atom is -0.304 e. The first-order valence-electron chi connectivity index (χ1n) is 3.93. The van der Waals surface area contributed by atoms with Crippen LogP contribution in [-0.2, 0) is 10.1 Å². The predicted molar refractivity (Wildman–Crippen MR) is 48.8 cm³/mol. The molecule has 0 spiro atoms. The van der Waals surface area contributed by atoms with Crippen molar-refractivity contribution in [3.8, 4) is 0 Å². The van der Waals surface area contributed by atoms with E-state index in [-0.39, 0.29) is 0 Å². The fraction of sp³-hybridized carbons (Fsp3) is 1.00. The van der Waals surface area contributed by atoms with Gasteiger partial charge in [0.25, 0.3) is 10.1 Å². The summed E-state index contributed by atoms with van der Waals surface area (Å²) in [6.07, 6.45) is 3.52. The van der Waals surface area contributed by atoms with Gasteiger partial charge < -0.3 is 4.90 Å². The van der Waals surface area contributed by atoms with Crippen LogP contribution in [0.4, 0.5) is 0 Å². The number of rotatable bonds is 0. The lowest BCUT2D eigenvalue weighted by Crippen LogP contribution is -2.20. The van der Waals surface area contributed by atoms with Crippen molar-refractivity contribution in [1.29, 1.82) is 0 Å². The van der Waals surface area contributed by atoms with Crippen molar-refractivity contribution >= 4 is 10.1 Å². The smallest absolute Gasteiger partial charge is 0.261 e. The quantitative estimate of drug-likeness (QED) is 0.575. The Morgan fingerprint density at radius 1 is 1.50 bits per heavy atom. The minimum absolute atomic E-state index is 0.715. The SMILES string of the molecule is CC1CCCN1C.CS(=O)(=O)O. The van der Waals surface area contributed by atoms with Crippen LogP contribution in [0.2, 0.25) is 0 Å². The maximum Gasteiger partial charge on any atom is 0.261 e. The molecule has 74 valence electrons. The molecule has 0 aromatic carbocycles. The van der Waals surface area contributed by atoms with Crippen molar-refractivity contribution in [2.75, 3.05) is 19.8 Å². The molecule has 1 atom stereocenters. The van der Waals surface area contributed by atoms with Crippen LogP contribution in [-0.4, -0.2) is 43.8 Å². The molecule has 0 amide bonds. The molecular weight excluding hydrogens is 178 g/mol. The second kappa shape index (κ2) is 4.79. The van der Waals surface area contributed by atoms with E-state index < -0.39 is 10.1 Å². The molecule has 1 saturated heterocycles. The molecule has 1 aliphatic rings. The van der Waals surface area contributed by atoms with Crippen molar-refractivity contribution in [1.82, 2.24) is 4.90 Å². The van der Waals surface area contributed by atoms with Gasteiger partial charge in [0.15, 0.2) is 0 Å². The van der Waals surface area contributed by atoms with Crippen molar-refractivity contribution in [3.05, 3.63) is 0 Å². The van der Waals surface area contributed by atoms with Gasteiger partial charge in [0, 0.05) is 6.04 Å². The van der Waals surface area contributed by atoms with Gasteiger partial charge in [-0.25, -0.2) is 0 Å². The first-order valence-corrected chi connectivity index (χ1v) is 5.78. The van der Waals surface area contributed by atoms with Gasteiger partial charge in [-0.3, -0.25) is 4.55 Å².